The van der Waals surface area contributed by atoms with Gasteiger partial charge < -0.3 is 0 Å². The van der Waals surface area contributed by atoms with E-state index in [9.17, 15) is 8.42 Å². The van der Waals surface area contributed by atoms with Crippen LogP contribution < -0.4 is 4.72 Å². The summed E-state index contributed by atoms with van der Waals surface area (Å²) >= 11 is 6.04. The van der Waals surface area contributed by atoms with Gasteiger partial charge in [0.25, 0.3) is 10.0 Å². The molecule has 0 saturated heterocycles. The molecule has 2 aromatic rings. The second kappa shape index (κ2) is 7.84. The van der Waals surface area contributed by atoms with E-state index in [1.807, 2.05) is 19.1 Å². The molecular weight excluding hydrogens is 330 g/mol. The normalized spacial score (nSPS) is 11.4. The number of nitrogens with one attached hydrogen (secondary N) is 1. The lowest BCUT2D eigenvalue weighted by molar-refractivity contribution is 0.601. The van der Waals surface area contributed by atoms with Crippen LogP contribution in [-0.2, 0) is 16.4 Å². The molecule has 5 heteroatoms. The molecule has 2 aromatic carbocycles. The van der Waals surface area contributed by atoms with Gasteiger partial charge in [0.2, 0.25) is 0 Å². The first-order chi connectivity index (χ1) is 10.9. The molecule has 0 aliphatic carbocycles. The van der Waals surface area contributed by atoms with E-state index in [1.165, 1.54) is 12.8 Å². The van der Waals surface area contributed by atoms with Crippen molar-refractivity contribution >= 4 is 27.3 Å². The van der Waals surface area contributed by atoms with Crippen molar-refractivity contribution in [2.24, 2.45) is 0 Å². The first-order valence-corrected chi connectivity index (χ1v) is 9.66. The third kappa shape index (κ3) is 4.98. The predicted molar refractivity (Wildman–Crippen MR) is 96.7 cm³/mol. The summed E-state index contributed by atoms with van der Waals surface area (Å²) in [4.78, 5) is 0.258. The van der Waals surface area contributed by atoms with Gasteiger partial charge in [0.15, 0.2) is 0 Å². The molecule has 23 heavy (non-hydrogen) atoms. The highest BCUT2D eigenvalue weighted by Gasteiger charge is 2.14. The Balaban J connectivity index is 2.11. The minimum atomic E-state index is -3.59. The Bertz CT molecular complexity index is 755. The Morgan fingerprint density at radius 3 is 2.35 bits per heavy atom. The minimum Gasteiger partial charge on any atom is -0.280 e. The summed E-state index contributed by atoms with van der Waals surface area (Å²) in [6.07, 6.45) is 4.48. The predicted octanol–water partition coefficient (Wildman–Crippen LogP) is 5.18. The molecule has 124 valence electrons. The number of aryl methyl sites for hydroxylation is 2. The number of rotatable bonds is 7. The molecule has 0 saturated carbocycles. The zero-order chi connectivity index (χ0) is 16.9. The largest absolute Gasteiger partial charge is 0.280 e. The molecule has 1 N–H and O–H groups in total. The molecule has 3 nitrogen and oxygen atoms in total. The van der Waals surface area contributed by atoms with Crippen molar-refractivity contribution in [1.82, 2.24) is 0 Å². The quantitative estimate of drug-likeness (QED) is 0.698. The molecule has 0 fully saturated rings. The highest BCUT2D eigenvalue weighted by Crippen LogP contribution is 2.23. The maximum atomic E-state index is 12.4. The highest BCUT2D eigenvalue weighted by molar-refractivity contribution is 7.92. The second-order valence-corrected chi connectivity index (χ2v) is 7.76. The molecule has 0 unspecified atom stereocenters. The molecule has 0 heterocycles. The molecule has 0 aromatic heterocycles. The third-order valence-electron chi connectivity index (χ3n) is 3.73. The molecule has 0 spiro atoms. The van der Waals surface area contributed by atoms with E-state index in [0.29, 0.717) is 10.7 Å². The highest BCUT2D eigenvalue weighted by atomic mass is 35.5. The van der Waals surface area contributed by atoms with E-state index in [0.717, 1.165) is 24.0 Å². The van der Waals surface area contributed by atoms with Gasteiger partial charge in [-0.1, -0.05) is 49.6 Å². The molecule has 0 aliphatic heterocycles. The molecule has 0 amide bonds. The van der Waals surface area contributed by atoms with Crippen LogP contribution in [0.1, 0.15) is 37.3 Å². The van der Waals surface area contributed by atoms with Gasteiger partial charge >= 0.3 is 0 Å². The summed E-state index contributed by atoms with van der Waals surface area (Å²) in [5.41, 5.74) is 2.54. The van der Waals surface area contributed by atoms with Gasteiger partial charge in [-0.25, -0.2) is 8.42 Å². The van der Waals surface area contributed by atoms with Gasteiger partial charge in [-0.05, 0) is 55.2 Å². The fraction of sp³-hybridized carbons (Fsp3) is 0.333. The molecular formula is C18H22ClNO2S. The maximum Gasteiger partial charge on any atom is 0.261 e. The van der Waals surface area contributed by atoms with Crippen molar-refractivity contribution in [2.45, 2.75) is 44.4 Å². The van der Waals surface area contributed by atoms with E-state index in [2.05, 4.69) is 11.6 Å². The zero-order valence-electron chi connectivity index (χ0n) is 13.5. The minimum absolute atomic E-state index is 0.258. The van der Waals surface area contributed by atoms with Crippen molar-refractivity contribution < 1.29 is 8.42 Å². The lowest BCUT2D eigenvalue weighted by Gasteiger charge is -2.10. The maximum absolute atomic E-state index is 12.4. The fourth-order valence-electron chi connectivity index (χ4n) is 2.28. The van der Waals surface area contributed by atoms with Gasteiger partial charge in [-0.2, -0.15) is 0 Å². The zero-order valence-corrected chi connectivity index (χ0v) is 15.0. The average molecular weight is 352 g/mol. The molecule has 0 radical (unpaired) electrons. The summed E-state index contributed by atoms with van der Waals surface area (Å²) in [5.74, 6) is 0. The van der Waals surface area contributed by atoms with Crippen molar-refractivity contribution in [2.75, 3.05) is 4.72 Å². The van der Waals surface area contributed by atoms with Crippen LogP contribution in [0, 0.1) is 6.92 Å². The van der Waals surface area contributed by atoms with Crippen molar-refractivity contribution in [3.05, 3.63) is 58.6 Å². The lowest BCUT2D eigenvalue weighted by atomic mass is 10.1. The van der Waals surface area contributed by atoms with Gasteiger partial charge in [-0.3, -0.25) is 4.72 Å². The van der Waals surface area contributed by atoms with Crippen LogP contribution in [0.5, 0.6) is 0 Å². The topological polar surface area (TPSA) is 46.2 Å². The smallest absolute Gasteiger partial charge is 0.261 e. The SMILES string of the molecule is CCCCCc1ccc(S(=O)(=O)Nc2ccc(C)c(Cl)c2)cc1. The fourth-order valence-corrected chi connectivity index (χ4v) is 3.51. The van der Waals surface area contributed by atoms with Crippen LogP contribution in [0.3, 0.4) is 0 Å². The average Bonchev–Trinajstić information content (AvgIpc) is 2.51. The van der Waals surface area contributed by atoms with Crippen molar-refractivity contribution in [3.63, 3.8) is 0 Å². The summed E-state index contributed by atoms with van der Waals surface area (Å²) in [6, 6.07) is 12.2. The van der Waals surface area contributed by atoms with Crippen molar-refractivity contribution in [3.8, 4) is 0 Å². The Hall–Kier alpha value is -1.52. The standard InChI is InChI=1S/C18H22ClNO2S/c1-3-4-5-6-15-8-11-17(12-9-15)23(21,22)20-16-10-7-14(2)18(19)13-16/h7-13,20H,3-6H2,1-2H3. The molecule has 0 aliphatic rings. The molecule has 0 atom stereocenters. The molecule has 2 rings (SSSR count). The van der Waals surface area contributed by atoms with E-state index < -0.39 is 10.0 Å². The van der Waals surface area contributed by atoms with Crippen molar-refractivity contribution in [1.29, 1.82) is 0 Å². The van der Waals surface area contributed by atoms with E-state index >= 15 is 0 Å². The van der Waals surface area contributed by atoms with Crippen LogP contribution in [-0.4, -0.2) is 8.42 Å². The monoisotopic (exact) mass is 351 g/mol. The number of unbranched alkanes of at least 4 members (excludes halogenated alkanes) is 2. The summed E-state index contributed by atoms with van der Waals surface area (Å²) < 4.78 is 27.4. The number of hydrogen-bond donors (Lipinski definition) is 1. The van der Waals surface area contributed by atoms with Gasteiger partial charge in [0.1, 0.15) is 0 Å². The third-order valence-corrected chi connectivity index (χ3v) is 5.53. The Morgan fingerprint density at radius 1 is 1.04 bits per heavy atom. The number of sulfonamides is 1. The number of benzene rings is 2. The Kier molecular flexibility index (Phi) is 6.08. The van der Waals surface area contributed by atoms with E-state index in [-0.39, 0.29) is 4.90 Å². The van der Waals surface area contributed by atoms with Crippen LogP contribution >= 0.6 is 11.6 Å². The number of halogens is 1. The van der Waals surface area contributed by atoms with Gasteiger partial charge in [0.05, 0.1) is 10.6 Å². The van der Waals surface area contributed by atoms with Gasteiger partial charge in [-0.15, -0.1) is 0 Å². The number of anilines is 1. The van der Waals surface area contributed by atoms with Crippen LogP contribution in [0.4, 0.5) is 5.69 Å². The van der Waals surface area contributed by atoms with Crippen LogP contribution in [0.15, 0.2) is 47.4 Å². The summed E-state index contributed by atoms with van der Waals surface area (Å²) in [5, 5.41) is 0.538. The van der Waals surface area contributed by atoms with Crippen LogP contribution in [0.2, 0.25) is 5.02 Å². The lowest BCUT2D eigenvalue weighted by Crippen LogP contribution is -2.13. The second-order valence-electron chi connectivity index (χ2n) is 5.67. The van der Waals surface area contributed by atoms with E-state index in [1.54, 1.807) is 30.3 Å². The summed E-state index contributed by atoms with van der Waals surface area (Å²) in [7, 11) is -3.59. The Morgan fingerprint density at radius 2 is 1.74 bits per heavy atom. The first kappa shape index (κ1) is 17.8. The van der Waals surface area contributed by atoms with E-state index in [4.69, 9.17) is 11.6 Å². The Labute approximate surface area is 143 Å². The molecule has 0 bridgehead atoms. The van der Waals surface area contributed by atoms with Gasteiger partial charge in [0, 0.05) is 5.02 Å². The first-order valence-electron chi connectivity index (χ1n) is 7.80. The summed E-state index contributed by atoms with van der Waals surface area (Å²) in [6.45, 7) is 4.04. The van der Waals surface area contributed by atoms with Crippen LogP contribution in [0.25, 0.3) is 0 Å². The number of hydrogen-bond acceptors (Lipinski definition) is 2.